The molecule has 2 rings (SSSR count). The Bertz CT molecular complexity index is 616. The first kappa shape index (κ1) is 18.7. The van der Waals surface area contributed by atoms with E-state index in [1.54, 1.807) is 18.2 Å². The predicted molar refractivity (Wildman–Crippen MR) is 94.4 cm³/mol. The third-order valence-corrected chi connectivity index (χ3v) is 5.93. The predicted octanol–water partition coefficient (Wildman–Crippen LogP) is 1.37. The summed E-state index contributed by atoms with van der Waals surface area (Å²) in [6, 6.07) is 4.95. The molecule has 1 heterocycles. The van der Waals surface area contributed by atoms with Crippen molar-refractivity contribution < 1.29 is 13.2 Å². The molecule has 1 aromatic carbocycles. The van der Waals surface area contributed by atoms with Crippen molar-refractivity contribution in [1.82, 2.24) is 14.5 Å². The maximum absolute atomic E-state index is 12.4. The standard InChI is InChI=1S/C15H24BrN3O3S/c1-18-8-10-19(11-9-18)7-3-6-17-23(20,21)15-12-13(16)4-5-14(15)22-2/h4-5,12,17H,3,6-11H2,1-2H3. The van der Waals surface area contributed by atoms with Gasteiger partial charge in [0.05, 0.1) is 7.11 Å². The maximum Gasteiger partial charge on any atom is 0.244 e. The van der Waals surface area contributed by atoms with Crippen LogP contribution in [0.3, 0.4) is 0 Å². The molecular formula is C15H24BrN3O3S. The molecule has 23 heavy (non-hydrogen) atoms. The Morgan fingerprint density at radius 2 is 1.96 bits per heavy atom. The van der Waals surface area contributed by atoms with Crippen LogP contribution in [0.4, 0.5) is 0 Å². The van der Waals surface area contributed by atoms with Crippen molar-refractivity contribution in [3.63, 3.8) is 0 Å². The van der Waals surface area contributed by atoms with Crippen LogP contribution in [-0.4, -0.2) is 71.6 Å². The van der Waals surface area contributed by atoms with E-state index in [9.17, 15) is 8.42 Å². The van der Waals surface area contributed by atoms with Gasteiger partial charge in [0, 0.05) is 37.2 Å². The SMILES string of the molecule is COc1ccc(Br)cc1S(=O)(=O)NCCCN1CCN(C)CC1. The first-order chi connectivity index (χ1) is 10.9. The first-order valence-corrected chi connectivity index (χ1v) is 9.94. The van der Waals surface area contributed by atoms with E-state index in [0.29, 0.717) is 16.8 Å². The van der Waals surface area contributed by atoms with Crippen molar-refractivity contribution in [2.45, 2.75) is 11.3 Å². The third kappa shape index (κ3) is 5.42. The number of rotatable bonds is 7. The van der Waals surface area contributed by atoms with Gasteiger partial charge < -0.3 is 14.5 Å². The minimum atomic E-state index is -3.57. The zero-order valence-corrected chi connectivity index (χ0v) is 16.0. The molecule has 0 aromatic heterocycles. The average molecular weight is 406 g/mol. The Labute approximate surface area is 147 Å². The molecule has 1 aliphatic rings. The minimum absolute atomic E-state index is 0.161. The molecule has 0 unspecified atom stereocenters. The highest BCUT2D eigenvalue weighted by Crippen LogP contribution is 2.26. The van der Waals surface area contributed by atoms with E-state index in [2.05, 4.69) is 37.5 Å². The lowest BCUT2D eigenvalue weighted by Crippen LogP contribution is -2.45. The number of hydrogen-bond donors (Lipinski definition) is 1. The second kappa shape index (κ2) is 8.43. The summed E-state index contributed by atoms with van der Waals surface area (Å²) in [5, 5.41) is 0. The second-order valence-electron chi connectivity index (χ2n) is 5.69. The monoisotopic (exact) mass is 405 g/mol. The fourth-order valence-electron chi connectivity index (χ4n) is 2.52. The van der Waals surface area contributed by atoms with Crippen LogP contribution < -0.4 is 9.46 Å². The van der Waals surface area contributed by atoms with Crippen LogP contribution in [0.25, 0.3) is 0 Å². The van der Waals surface area contributed by atoms with E-state index in [1.165, 1.54) is 7.11 Å². The number of nitrogens with one attached hydrogen (secondary N) is 1. The lowest BCUT2D eigenvalue weighted by molar-refractivity contribution is 0.153. The van der Waals surface area contributed by atoms with Crippen LogP contribution in [0.2, 0.25) is 0 Å². The van der Waals surface area contributed by atoms with Gasteiger partial charge in [-0.05, 0) is 38.2 Å². The molecule has 1 aliphatic heterocycles. The highest BCUT2D eigenvalue weighted by molar-refractivity contribution is 9.10. The molecule has 1 N–H and O–H groups in total. The molecule has 130 valence electrons. The summed E-state index contributed by atoms with van der Waals surface area (Å²) in [5.74, 6) is 0.347. The molecule has 0 aliphatic carbocycles. The second-order valence-corrected chi connectivity index (χ2v) is 8.34. The number of hydrogen-bond acceptors (Lipinski definition) is 5. The van der Waals surface area contributed by atoms with E-state index in [1.807, 2.05) is 0 Å². The summed E-state index contributed by atoms with van der Waals surface area (Å²) in [5.41, 5.74) is 0. The van der Waals surface area contributed by atoms with Crippen LogP contribution in [0.1, 0.15) is 6.42 Å². The van der Waals surface area contributed by atoms with Gasteiger partial charge in [0.2, 0.25) is 10.0 Å². The largest absolute Gasteiger partial charge is 0.495 e. The van der Waals surface area contributed by atoms with E-state index in [-0.39, 0.29) is 4.90 Å². The van der Waals surface area contributed by atoms with E-state index >= 15 is 0 Å². The minimum Gasteiger partial charge on any atom is -0.495 e. The third-order valence-electron chi connectivity index (χ3n) is 3.95. The lowest BCUT2D eigenvalue weighted by atomic mass is 10.3. The number of methoxy groups -OCH3 is 1. The van der Waals surface area contributed by atoms with Gasteiger partial charge in [0.15, 0.2) is 0 Å². The van der Waals surface area contributed by atoms with Crippen molar-refractivity contribution in [3.8, 4) is 5.75 Å². The van der Waals surface area contributed by atoms with Crippen molar-refractivity contribution >= 4 is 26.0 Å². The van der Waals surface area contributed by atoms with Crippen molar-refractivity contribution in [1.29, 1.82) is 0 Å². The summed E-state index contributed by atoms with van der Waals surface area (Å²) >= 11 is 3.30. The number of likely N-dealkylation sites (N-methyl/N-ethyl adjacent to an activating group) is 1. The van der Waals surface area contributed by atoms with Crippen molar-refractivity contribution in [2.75, 3.05) is 53.4 Å². The van der Waals surface area contributed by atoms with Gasteiger partial charge in [-0.2, -0.15) is 0 Å². The molecule has 0 radical (unpaired) electrons. The molecular weight excluding hydrogens is 382 g/mol. The molecule has 0 atom stereocenters. The molecule has 0 amide bonds. The zero-order chi connectivity index (χ0) is 16.9. The lowest BCUT2D eigenvalue weighted by Gasteiger charge is -2.32. The quantitative estimate of drug-likeness (QED) is 0.694. The van der Waals surface area contributed by atoms with Gasteiger partial charge in [-0.15, -0.1) is 0 Å². The Hall–Kier alpha value is -0.670. The van der Waals surface area contributed by atoms with Gasteiger partial charge in [0.1, 0.15) is 10.6 Å². The molecule has 1 saturated heterocycles. The van der Waals surface area contributed by atoms with Crippen LogP contribution in [-0.2, 0) is 10.0 Å². The normalized spacial score (nSPS) is 17.3. The fraction of sp³-hybridized carbons (Fsp3) is 0.600. The summed E-state index contributed by atoms with van der Waals surface area (Å²) in [4.78, 5) is 4.83. The van der Waals surface area contributed by atoms with E-state index in [4.69, 9.17) is 4.74 Å². The molecule has 8 heteroatoms. The highest BCUT2D eigenvalue weighted by Gasteiger charge is 2.20. The average Bonchev–Trinajstić information content (AvgIpc) is 2.53. The summed E-state index contributed by atoms with van der Waals surface area (Å²) in [6.45, 7) is 5.56. The Balaban J connectivity index is 1.86. The van der Waals surface area contributed by atoms with Gasteiger partial charge in [-0.1, -0.05) is 15.9 Å². The van der Waals surface area contributed by atoms with E-state index in [0.717, 1.165) is 39.1 Å². The fourth-order valence-corrected chi connectivity index (χ4v) is 4.30. The summed E-state index contributed by atoms with van der Waals surface area (Å²) < 4.78 is 33.4. The molecule has 0 spiro atoms. The number of ether oxygens (including phenoxy) is 1. The van der Waals surface area contributed by atoms with Crippen LogP contribution >= 0.6 is 15.9 Å². The maximum atomic E-state index is 12.4. The number of piperazine rings is 1. The number of sulfonamides is 1. The van der Waals surface area contributed by atoms with Crippen LogP contribution in [0.5, 0.6) is 5.75 Å². The Morgan fingerprint density at radius 1 is 1.26 bits per heavy atom. The van der Waals surface area contributed by atoms with Gasteiger partial charge >= 0.3 is 0 Å². The van der Waals surface area contributed by atoms with Gasteiger partial charge in [-0.3, -0.25) is 0 Å². The molecule has 0 bridgehead atoms. The van der Waals surface area contributed by atoms with Crippen molar-refractivity contribution in [2.24, 2.45) is 0 Å². The van der Waals surface area contributed by atoms with Crippen LogP contribution in [0, 0.1) is 0 Å². The smallest absolute Gasteiger partial charge is 0.244 e. The topological polar surface area (TPSA) is 61.9 Å². The molecule has 1 fully saturated rings. The number of benzene rings is 1. The Kier molecular flexibility index (Phi) is 6.84. The van der Waals surface area contributed by atoms with Gasteiger partial charge in [-0.25, -0.2) is 13.1 Å². The zero-order valence-electron chi connectivity index (χ0n) is 13.6. The van der Waals surface area contributed by atoms with Crippen molar-refractivity contribution in [3.05, 3.63) is 22.7 Å². The van der Waals surface area contributed by atoms with E-state index < -0.39 is 10.0 Å². The number of halogens is 1. The summed E-state index contributed by atoms with van der Waals surface area (Å²) in [7, 11) is 0.0207. The summed E-state index contributed by atoms with van der Waals surface area (Å²) in [6.07, 6.45) is 0.791. The van der Waals surface area contributed by atoms with Crippen LogP contribution in [0.15, 0.2) is 27.6 Å². The Morgan fingerprint density at radius 3 is 2.61 bits per heavy atom. The number of nitrogens with zero attached hydrogens (tertiary/aromatic N) is 2. The first-order valence-electron chi connectivity index (χ1n) is 7.66. The molecule has 6 nitrogen and oxygen atoms in total. The highest BCUT2D eigenvalue weighted by atomic mass is 79.9. The van der Waals surface area contributed by atoms with Gasteiger partial charge in [0.25, 0.3) is 0 Å². The molecule has 1 aromatic rings. The molecule has 0 saturated carbocycles.